The van der Waals surface area contributed by atoms with Crippen LogP contribution in [0.1, 0.15) is 16.7 Å². The molecule has 1 aromatic carbocycles. The van der Waals surface area contributed by atoms with Gasteiger partial charge in [0.25, 0.3) is 0 Å². The Balaban J connectivity index is 2.65. The van der Waals surface area contributed by atoms with Crippen LogP contribution in [0.15, 0.2) is 8.20 Å². The first kappa shape index (κ1) is 16.7. The van der Waals surface area contributed by atoms with E-state index < -0.39 is 0 Å². The van der Waals surface area contributed by atoms with Crippen molar-refractivity contribution in [2.24, 2.45) is 8.20 Å². The molecule has 8 heteroatoms. The van der Waals surface area contributed by atoms with Gasteiger partial charge in [-0.3, -0.25) is 9.83 Å². The molecule has 20 heavy (non-hydrogen) atoms. The summed E-state index contributed by atoms with van der Waals surface area (Å²) in [5.41, 5.74) is 5.93. The smallest absolute Gasteiger partial charge is 0.172 e. The SMILES string of the molecule is Cc1c(O)c(C(=NI)C2=NCCON2)c(C)c(I)c1I. The fourth-order valence-electron chi connectivity index (χ4n) is 1.88. The summed E-state index contributed by atoms with van der Waals surface area (Å²) in [5, 5.41) is 10.5. The summed E-state index contributed by atoms with van der Waals surface area (Å²) in [6.07, 6.45) is 0. The zero-order chi connectivity index (χ0) is 14.9. The summed E-state index contributed by atoms with van der Waals surface area (Å²) < 4.78 is 6.44. The monoisotopic (exact) mass is 611 g/mol. The molecule has 1 aromatic rings. The molecule has 2 rings (SSSR count). The molecular formula is C12H12I3N3O2. The summed E-state index contributed by atoms with van der Waals surface area (Å²) in [4.78, 5) is 9.57. The predicted molar refractivity (Wildman–Crippen MR) is 105 cm³/mol. The Kier molecular flexibility index (Phi) is 5.88. The lowest BCUT2D eigenvalue weighted by molar-refractivity contribution is 0.0839. The van der Waals surface area contributed by atoms with Gasteiger partial charge in [-0.25, -0.2) is 8.69 Å². The number of halogens is 3. The number of phenols is 1. The number of hydrogen-bond donors (Lipinski definition) is 2. The molecule has 2 N–H and O–H groups in total. The Hall–Kier alpha value is 0.310. The second-order valence-corrected chi connectivity index (χ2v) is 6.86. The minimum atomic E-state index is 0.248. The standard InChI is InChI=1S/C12H12I3N3O2/c1-5-7(11(19)6(2)9(14)8(5)13)10(17-15)12-16-3-4-20-18-12/h19H,3-4H2,1-2H3,(H,16,18). The number of nitrogens with zero attached hydrogens (tertiary/aromatic N) is 2. The molecule has 5 nitrogen and oxygen atoms in total. The fraction of sp³-hybridized carbons (Fsp3) is 0.333. The topological polar surface area (TPSA) is 66.2 Å². The number of aromatic hydroxyl groups is 1. The lowest BCUT2D eigenvalue weighted by Gasteiger charge is -2.20. The molecule has 0 saturated carbocycles. The molecule has 0 aromatic heterocycles. The van der Waals surface area contributed by atoms with Crippen molar-refractivity contribution in [2.75, 3.05) is 13.2 Å². The van der Waals surface area contributed by atoms with E-state index in [1.807, 2.05) is 36.7 Å². The van der Waals surface area contributed by atoms with Crippen molar-refractivity contribution in [1.29, 1.82) is 0 Å². The van der Waals surface area contributed by atoms with Gasteiger partial charge in [0, 0.05) is 12.7 Å². The molecule has 1 aliphatic rings. The van der Waals surface area contributed by atoms with Crippen LogP contribution in [-0.4, -0.2) is 29.8 Å². The van der Waals surface area contributed by atoms with Gasteiger partial charge in [-0.15, -0.1) is 0 Å². The molecule has 108 valence electrons. The summed E-state index contributed by atoms with van der Waals surface area (Å²) >= 11 is 6.45. The summed E-state index contributed by atoms with van der Waals surface area (Å²) in [5.74, 6) is 0.804. The minimum Gasteiger partial charge on any atom is -0.507 e. The molecule has 0 aliphatic carbocycles. The number of phenolic OH excluding ortho intramolecular Hbond substituents is 1. The van der Waals surface area contributed by atoms with Crippen LogP contribution >= 0.6 is 68.0 Å². The summed E-state index contributed by atoms with van der Waals surface area (Å²) in [7, 11) is 0. The average Bonchev–Trinajstić information content (AvgIpc) is 2.48. The van der Waals surface area contributed by atoms with Crippen LogP contribution in [0.5, 0.6) is 5.75 Å². The first-order valence-electron chi connectivity index (χ1n) is 5.78. The Bertz CT molecular complexity index is 585. The maximum atomic E-state index is 10.5. The second kappa shape index (κ2) is 7.05. The van der Waals surface area contributed by atoms with Gasteiger partial charge in [-0.1, -0.05) is 0 Å². The number of hydrogen-bond acceptors (Lipinski definition) is 5. The number of aliphatic imine (C=N–C) groups is 1. The fourth-order valence-corrected chi connectivity index (χ4v) is 3.68. The van der Waals surface area contributed by atoms with Gasteiger partial charge in [0.2, 0.25) is 0 Å². The Morgan fingerprint density at radius 2 is 1.95 bits per heavy atom. The van der Waals surface area contributed by atoms with Gasteiger partial charge < -0.3 is 5.11 Å². The van der Waals surface area contributed by atoms with E-state index in [4.69, 9.17) is 4.84 Å². The van der Waals surface area contributed by atoms with E-state index in [1.165, 1.54) is 0 Å². The van der Waals surface area contributed by atoms with E-state index in [0.29, 0.717) is 30.3 Å². The molecule has 0 fully saturated rings. The largest absolute Gasteiger partial charge is 0.507 e. The third-order valence-corrected chi connectivity index (χ3v) is 7.21. The highest BCUT2D eigenvalue weighted by atomic mass is 127. The lowest BCUT2D eigenvalue weighted by atomic mass is 9.99. The summed E-state index contributed by atoms with van der Waals surface area (Å²) in [6.45, 7) is 4.99. The van der Waals surface area contributed by atoms with E-state index in [9.17, 15) is 5.11 Å². The van der Waals surface area contributed by atoms with Gasteiger partial charge in [-0.05, 0) is 64.6 Å². The molecule has 0 spiro atoms. The zero-order valence-electron chi connectivity index (χ0n) is 10.8. The Morgan fingerprint density at radius 1 is 1.30 bits per heavy atom. The maximum Gasteiger partial charge on any atom is 0.172 e. The molecule has 0 saturated heterocycles. The van der Waals surface area contributed by atoms with Crippen LogP contribution in [0.25, 0.3) is 0 Å². The van der Waals surface area contributed by atoms with Crippen LogP contribution in [0.4, 0.5) is 0 Å². The summed E-state index contributed by atoms with van der Waals surface area (Å²) in [6, 6.07) is 0. The number of amidine groups is 1. The lowest BCUT2D eigenvalue weighted by Crippen LogP contribution is -2.37. The van der Waals surface area contributed by atoms with Gasteiger partial charge in [0.05, 0.1) is 41.6 Å². The van der Waals surface area contributed by atoms with E-state index in [1.54, 1.807) is 0 Å². The van der Waals surface area contributed by atoms with Gasteiger partial charge in [0.1, 0.15) is 11.5 Å². The highest BCUT2D eigenvalue weighted by molar-refractivity contribution is 14.1. The van der Waals surface area contributed by atoms with Crippen LogP contribution in [0.3, 0.4) is 0 Å². The molecule has 0 radical (unpaired) electrons. The number of benzene rings is 1. The average molecular weight is 611 g/mol. The van der Waals surface area contributed by atoms with Crippen molar-refractivity contribution in [2.45, 2.75) is 13.8 Å². The van der Waals surface area contributed by atoms with Crippen molar-refractivity contribution in [3.8, 4) is 5.75 Å². The number of rotatable bonds is 2. The van der Waals surface area contributed by atoms with E-state index in [0.717, 1.165) is 18.3 Å². The van der Waals surface area contributed by atoms with Gasteiger partial charge >= 0.3 is 0 Å². The minimum absolute atomic E-state index is 0.248. The third-order valence-electron chi connectivity index (χ3n) is 3.00. The van der Waals surface area contributed by atoms with Crippen LogP contribution in [0.2, 0.25) is 0 Å². The molecule has 0 bridgehead atoms. The molecule has 1 heterocycles. The third kappa shape index (κ3) is 3.06. The van der Waals surface area contributed by atoms with Crippen molar-refractivity contribution in [1.82, 2.24) is 5.48 Å². The first-order chi connectivity index (χ1) is 9.49. The van der Waals surface area contributed by atoms with E-state index in [-0.39, 0.29) is 5.75 Å². The van der Waals surface area contributed by atoms with Crippen molar-refractivity contribution < 1.29 is 9.94 Å². The van der Waals surface area contributed by atoms with Crippen LogP contribution in [-0.2, 0) is 4.84 Å². The Morgan fingerprint density at radius 3 is 2.50 bits per heavy atom. The molecule has 0 unspecified atom stereocenters. The normalized spacial score (nSPS) is 15.8. The predicted octanol–water partition coefficient (Wildman–Crippen LogP) is 3.29. The van der Waals surface area contributed by atoms with Crippen molar-refractivity contribution in [3.63, 3.8) is 0 Å². The van der Waals surface area contributed by atoms with Gasteiger partial charge in [0.15, 0.2) is 5.84 Å². The zero-order valence-corrected chi connectivity index (χ0v) is 17.3. The molecule has 1 aliphatic heterocycles. The molecule has 0 atom stereocenters. The Labute approximate surface area is 158 Å². The van der Waals surface area contributed by atoms with Gasteiger partial charge in [-0.2, -0.15) is 0 Å². The van der Waals surface area contributed by atoms with Crippen molar-refractivity contribution >= 4 is 79.6 Å². The first-order valence-corrected chi connectivity index (χ1v) is 8.90. The van der Waals surface area contributed by atoms with E-state index in [2.05, 4.69) is 58.9 Å². The maximum absolute atomic E-state index is 10.5. The highest BCUT2D eigenvalue weighted by Gasteiger charge is 2.24. The molecular weight excluding hydrogens is 599 g/mol. The second-order valence-electron chi connectivity index (χ2n) is 4.22. The van der Waals surface area contributed by atoms with E-state index >= 15 is 0 Å². The highest BCUT2D eigenvalue weighted by Crippen LogP contribution is 2.35. The van der Waals surface area contributed by atoms with Crippen LogP contribution in [0, 0.1) is 21.0 Å². The number of hydroxylamine groups is 1. The quantitative estimate of drug-likeness (QED) is 0.399. The number of nitrogens with one attached hydrogen (secondary N) is 1. The van der Waals surface area contributed by atoms with Crippen LogP contribution < -0.4 is 5.48 Å². The van der Waals surface area contributed by atoms with Crippen molar-refractivity contribution in [3.05, 3.63) is 23.8 Å². The molecule has 0 amide bonds.